The molecule has 1 aromatic heterocycles. The molecule has 0 aliphatic heterocycles. The van der Waals surface area contributed by atoms with Crippen molar-refractivity contribution in [3.63, 3.8) is 0 Å². The lowest BCUT2D eigenvalue weighted by Gasteiger charge is -2.42. The standard InChI is InChI=1S/C28H32N2OS/c1-2-19-32-27-29-25-23-14-8-7-13-22(23)20-28(16-9-4-10-17-28)24(25)26(31)30(27)18-15-21-11-5-3-6-12-21/h3,5-8,11-14H,2,4,9-10,15-20H2,1H3. The van der Waals surface area contributed by atoms with Crippen LogP contribution in [-0.4, -0.2) is 15.3 Å². The van der Waals surface area contributed by atoms with E-state index in [1.54, 1.807) is 11.8 Å². The summed E-state index contributed by atoms with van der Waals surface area (Å²) < 4.78 is 2.00. The second-order valence-corrected chi connectivity index (χ2v) is 10.4. The maximum absolute atomic E-state index is 14.2. The number of fused-ring (bicyclic) bond motifs is 4. The molecule has 0 atom stereocenters. The summed E-state index contributed by atoms with van der Waals surface area (Å²) in [6.07, 6.45) is 8.79. The molecule has 2 aliphatic rings. The zero-order valence-corrected chi connectivity index (χ0v) is 19.8. The summed E-state index contributed by atoms with van der Waals surface area (Å²) in [5.74, 6) is 0.976. The van der Waals surface area contributed by atoms with E-state index in [4.69, 9.17) is 4.98 Å². The topological polar surface area (TPSA) is 34.9 Å². The van der Waals surface area contributed by atoms with Gasteiger partial charge in [-0.25, -0.2) is 4.98 Å². The third-order valence-electron chi connectivity index (χ3n) is 7.18. The first-order chi connectivity index (χ1) is 15.7. The number of aryl methyl sites for hydroxylation is 1. The highest BCUT2D eigenvalue weighted by Gasteiger charge is 2.43. The summed E-state index contributed by atoms with van der Waals surface area (Å²) in [6, 6.07) is 19.1. The third kappa shape index (κ3) is 3.94. The molecular weight excluding hydrogens is 412 g/mol. The van der Waals surface area contributed by atoms with Crippen LogP contribution in [0.5, 0.6) is 0 Å². The van der Waals surface area contributed by atoms with E-state index < -0.39 is 0 Å². The first kappa shape index (κ1) is 21.5. The number of nitrogens with zero attached hydrogens (tertiary/aromatic N) is 2. The number of rotatable bonds is 6. The van der Waals surface area contributed by atoms with Gasteiger partial charge in [-0.2, -0.15) is 0 Å². The molecule has 5 rings (SSSR count). The van der Waals surface area contributed by atoms with E-state index in [1.165, 1.54) is 36.0 Å². The van der Waals surface area contributed by atoms with Crippen molar-refractivity contribution >= 4 is 11.8 Å². The molecule has 1 heterocycles. The lowest BCUT2D eigenvalue weighted by atomic mass is 9.62. The van der Waals surface area contributed by atoms with Crippen LogP contribution in [0.4, 0.5) is 0 Å². The van der Waals surface area contributed by atoms with E-state index in [-0.39, 0.29) is 11.0 Å². The molecular formula is C28H32N2OS. The molecule has 166 valence electrons. The molecule has 3 nitrogen and oxygen atoms in total. The number of benzene rings is 2. The van der Waals surface area contributed by atoms with Crippen molar-refractivity contribution in [3.05, 3.63) is 81.6 Å². The summed E-state index contributed by atoms with van der Waals surface area (Å²) in [6.45, 7) is 2.87. The highest BCUT2D eigenvalue weighted by atomic mass is 32.2. The average molecular weight is 445 g/mol. The molecule has 1 fully saturated rings. The summed E-state index contributed by atoms with van der Waals surface area (Å²) >= 11 is 1.73. The summed E-state index contributed by atoms with van der Waals surface area (Å²) in [7, 11) is 0. The number of aromatic nitrogens is 2. The van der Waals surface area contributed by atoms with Gasteiger partial charge in [0.1, 0.15) is 0 Å². The molecule has 1 spiro atoms. The lowest BCUT2D eigenvalue weighted by molar-refractivity contribution is 0.282. The largest absolute Gasteiger partial charge is 0.287 e. The van der Waals surface area contributed by atoms with Crippen molar-refractivity contribution in [1.29, 1.82) is 0 Å². The lowest BCUT2D eigenvalue weighted by Crippen LogP contribution is -2.43. The first-order valence-corrected chi connectivity index (χ1v) is 13.1. The Morgan fingerprint density at radius 3 is 2.53 bits per heavy atom. The molecule has 3 aromatic rings. The minimum absolute atomic E-state index is 0.0472. The molecule has 2 aromatic carbocycles. The van der Waals surface area contributed by atoms with Crippen LogP contribution in [0, 0.1) is 0 Å². The van der Waals surface area contributed by atoms with E-state index in [9.17, 15) is 4.79 Å². The quantitative estimate of drug-likeness (QED) is 0.325. The number of thioether (sulfide) groups is 1. The van der Waals surface area contributed by atoms with Gasteiger partial charge in [0.15, 0.2) is 5.16 Å². The molecule has 2 aliphatic carbocycles. The molecule has 4 heteroatoms. The summed E-state index contributed by atoms with van der Waals surface area (Å²) in [5.41, 5.74) is 5.93. The fourth-order valence-electron chi connectivity index (χ4n) is 5.61. The number of hydrogen-bond donors (Lipinski definition) is 0. The highest BCUT2D eigenvalue weighted by Crippen LogP contribution is 2.48. The molecule has 0 N–H and O–H groups in total. The van der Waals surface area contributed by atoms with Gasteiger partial charge in [0.25, 0.3) is 5.56 Å². The maximum Gasteiger partial charge on any atom is 0.258 e. The Balaban J connectivity index is 1.66. The van der Waals surface area contributed by atoms with Crippen LogP contribution in [0.15, 0.2) is 64.5 Å². The van der Waals surface area contributed by atoms with Crippen molar-refractivity contribution in [2.45, 2.75) is 75.4 Å². The molecule has 32 heavy (non-hydrogen) atoms. The van der Waals surface area contributed by atoms with E-state index >= 15 is 0 Å². The second-order valence-electron chi connectivity index (χ2n) is 9.33. The molecule has 0 amide bonds. The van der Waals surface area contributed by atoms with Gasteiger partial charge in [-0.05, 0) is 43.2 Å². The smallest absolute Gasteiger partial charge is 0.258 e. The van der Waals surface area contributed by atoms with Crippen molar-refractivity contribution in [3.8, 4) is 11.3 Å². The fraction of sp³-hybridized carbons (Fsp3) is 0.429. The van der Waals surface area contributed by atoms with Gasteiger partial charge >= 0.3 is 0 Å². The Kier molecular flexibility index (Phi) is 6.23. The Morgan fingerprint density at radius 2 is 1.75 bits per heavy atom. The molecule has 0 saturated heterocycles. The van der Waals surface area contributed by atoms with Gasteiger partial charge in [0, 0.05) is 23.3 Å². The zero-order valence-electron chi connectivity index (χ0n) is 19.0. The van der Waals surface area contributed by atoms with Gasteiger partial charge in [0.2, 0.25) is 0 Å². The van der Waals surface area contributed by atoms with Crippen LogP contribution < -0.4 is 5.56 Å². The Hall–Kier alpha value is -2.33. The van der Waals surface area contributed by atoms with Gasteiger partial charge in [-0.1, -0.05) is 92.5 Å². The Morgan fingerprint density at radius 1 is 1.00 bits per heavy atom. The third-order valence-corrected chi connectivity index (χ3v) is 8.36. The summed E-state index contributed by atoms with van der Waals surface area (Å²) in [5, 5.41) is 0.884. The van der Waals surface area contributed by atoms with Crippen LogP contribution in [0.3, 0.4) is 0 Å². The van der Waals surface area contributed by atoms with E-state index in [0.717, 1.165) is 54.3 Å². The van der Waals surface area contributed by atoms with Crippen LogP contribution in [0.1, 0.15) is 62.1 Å². The predicted octanol–water partition coefficient (Wildman–Crippen LogP) is 6.41. The second kappa shape index (κ2) is 9.27. The van der Waals surface area contributed by atoms with E-state index in [1.807, 2.05) is 10.6 Å². The van der Waals surface area contributed by atoms with Gasteiger partial charge in [-0.15, -0.1) is 0 Å². The van der Waals surface area contributed by atoms with Crippen molar-refractivity contribution in [1.82, 2.24) is 9.55 Å². The molecule has 1 saturated carbocycles. The van der Waals surface area contributed by atoms with Crippen LogP contribution in [-0.2, 0) is 24.8 Å². The van der Waals surface area contributed by atoms with Crippen LogP contribution in [0.2, 0.25) is 0 Å². The first-order valence-electron chi connectivity index (χ1n) is 12.1. The molecule has 0 radical (unpaired) electrons. The van der Waals surface area contributed by atoms with E-state index in [2.05, 4.69) is 55.5 Å². The Bertz CT molecular complexity index is 1150. The minimum Gasteiger partial charge on any atom is -0.287 e. The van der Waals surface area contributed by atoms with Crippen molar-refractivity contribution in [2.24, 2.45) is 0 Å². The fourth-order valence-corrected chi connectivity index (χ4v) is 6.48. The minimum atomic E-state index is -0.0472. The van der Waals surface area contributed by atoms with Crippen LogP contribution in [0.25, 0.3) is 11.3 Å². The molecule has 0 bridgehead atoms. The van der Waals surface area contributed by atoms with Gasteiger partial charge in [-0.3, -0.25) is 9.36 Å². The van der Waals surface area contributed by atoms with E-state index in [0.29, 0.717) is 6.54 Å². The predicted molar refractivity (Wildman–Crippen MR) is 134 cm³/mol. The Labute approximate surface area is 195 Å². The van der Waals surface area contributed by atoms with Crippen molar-refractivity contribution in [2.75, 3.05) is 5.75 Å². The number of hydrogen-bond acceptors (Lipinski definition) is 3. The normalized spacial score (nSPS) is 16.5. The zero-order chi connectivity index (χ0) is 22.0. The average Bonchev–Trinajstić information content (AvgIpc) is 2.83. The highest BCUT2D eigenvalue weighted by molar-refractivity contribution is 7.99. The van der Waals surface area contributed by atoms with Crippen LogP contribution >= 0.6 is 11.8 Å². The van der Waals surface area contributed by atoms with Crippen molar-refractivity contribution < 1.29 is 0 Å². The van der Waals surface area contributed by atoms with Gasteiger partial charge in [0.05, 0.1) is 11.3 Å². The maximum atomic E-state index is 14.2. The SMILES string of the molecule is CCCSc1nc2c(c(=O)n1CCc1ccccc1)C1(CCCCC1)Cc1ccccc1-2. The monoisotopic (exact) mass is 444 g/mol. The molecule has 0 unspecified atom stereocenters. The van der Waals surface area contributed by atoms with Gasteiger partial charge < -0.3 is 0 Å². The summed E-state index contributed by atoms with van der Waals surface area (Å²) in [4.78, 5) is 19.5.